The highest BCUT2D eigenvalue weighted by atomic mass is 16.3. The van der Waals surface area contributed by atoms with Gasteiger partial charge in [-0.25, -0.2) is 0 Å². The van der Waals surface area contributed by atoms with Crippen molar-refractivity contribution in [1.29, 1.82) is 0 Å². The van der Waals surface area contributed by atoms with E-state index in [1.807, 2.05) is 0 Å². The molecule has 0 radical (unpaired) electrons. The van der Waals surface area contributed by atoms with Crippen molar-refractivity contribution in [3.63, 3.8) is 0 Å². The Kier molecular flexibility index (Phi) is 4.83. The first-order valence-corrected chi connectivity index (χ1v) is 5.81. The Morgan fingerprint density at radius 3 is 2.53 bits per heavy atom. The van der Waals surface area contributed by atoms with E-state index in [0.717, 1.165) is 12.8 Å². The Morgan fingerprint density at radius 1 is 1.27 bits per heavy atom. The third-order valence-electron chi connectivity index (χ3n) is 2.75. The fourth-order valence-electron chi connectivity index (χ4n) is 2.07. The summed E-state index contributed by atoms with van der Waals surface area (Å²) in [5.41, 5.74) is 2.68. The van der Waals surface area contributed by atoms with Crippen molar-refractivity contribution in [2.75, 3.05) is 6.61 Å². The lowest BCUT2D eigenvalue weighted by molar-refractivity contribution is 0.267. The lowest BCUT2D eigenvalue weighted by atomic mass is 9.87. The molecule has 0 aliphatic rings. The zero-order valence-corrected chi connectivity index (χ0v) is 10.0. The zero-order valence-electron chi connectivity index (χ0n) is 10.0. The highest BCUT2D eigenvalue weighted by Gasteiger charge is 2.12. The van der Waals surface area contributed by atoms with Gasteiger partial charge in [-0.3, -0.25) is 0 Å². The summed E-state index contributed by atoms with van der Waals surface area (Å²) in [4.78, 5) is 0. The van der Waals surface area contributed by atoms with E-state index in [4.69, 9.17) is 5.11 Å². The van der Waals surface area contributed by atoms with Gasteiger partial charge in [0.1, 0.15) is 0 Å². The zero-order chi connectivity index (χ0) is 11.3. The molecule has 1 atom stereocenters. The molecule has 0 heterocycles. The van der Waals surface area contributed by atoms with Gasteiger partial charge >= 0.3 is 0 Å². The smallest absolute Gasteiger partial charge is 0.0436 e. The monoisotopic (exact) mass is 206 g/mol. The molecule has 0 aliphatic heterocycles. The largest absolute Gasteiger partial charge is 0.396 e. The summed E-state index contributed by atoms with van der Waals surface area (Å²) in [6.07, 6.45) is 2.03. The van der Waals surface area contributed by atoms with E-state index in [1.165, 1.54) is 11.1 Å². The Hall–Kier alpha value is -0.820. The highest BCUT2D eigenvalue weighted by molar-refractivity contribution is 5.25. The Labute approximate surface area is 93.1 Å². The lowest BCUT2D eigenvalue weighted by Gasteiger charge is -2.18. The molecule has 0 fully saturated rings. The normalized spacial score (nSPS) is 13.1. The molecular formula is C14H22O. The van der Waals surface area contributed by atoms with Crippen molar-refractivity contribution >= 4 is 0 Å². The van der Waals surface area contributed by atoms with Gasteiger partial charge in [-0.15, -0.1) is 0 Å². The molecule has 0 saturated carbocycles. The van der Waals surface area contributed by atoms with Gasteiger partial charge in [0, 0.05) is 6.61 Å². The van der Waals surface area contributed by atoms with Crippen molar-refractivity contribution in [3.8, 4) is 0 Å². The molecule has 15 heavy (non-hydrogen) atoms. The molecule has 0 amide bonds. The van der Waals surface area contributed by atoms with Crippen LogP contribution in [0.2, 0.25) is 0 Å². The average Bonchev–Trinajstić information content (AvgIpc) is 2.16. The van der Waals surface area contributed by atoms with Crippen molar-refractivity contribution in [3.05, 3.63) is 35.4 Å². The molecule has 1 aromatic carbocycles. The van der Waals surface area contributed by atoms with Gasteiger partial charge in [0.25, 0.3) is 0 Å². The second-order valence-electron chi connectivity index (χ2n) is 4.75. The number of rotatable bonds is 5. The second-order valence-corrected chi connectivity index (χ2v) is 4.75. The van der Waals surface area contributed by atoms with Crippen molar-refractivity contribution in [1.82, 2.24) is 0 Å². The molecule has 0 aliphatic carbocycles. The van der Waals surface area contributed by atoms with Crippen LogP contribution in [0, 0.1) is 12.8 Å². The van der Waals surface area contributed by atoms with E-state index in [2.05, 4.69) is 45.0 Å². The minimum absolute atomic E-state index is 0.283. The molecule has 84 valence electrons. The maximum atomic E-state index is 9.08. The van der Waals surface area contributed by atoms with Crippen LogP contribution in [0.15, 0.2) is 24.3 Å². The van der Waals surface area contributed by atoms with E-state index < -0.39 is 0 Å². The summed E-state index contributed by atoms with van der Waals surface area (Å²) in [7, 11) is 0. The first kappa shape index (κ1) is 12.3. The molecule has 0 bridgehead atoms. The summed E-state index contributed by atoms with van der Waals surface area (Å²) in [5, 5.41) is 9.08. The molecule has 0 saturated heterocycles. The van der Waals surface area contributed by atoms with E-state index in [9.17, 15) is 0 Å². The molecule has 1 nitrogen and oxygen atoms in total. The van der Waals surface area contributed by atoms with Crippen LogP contribution >= 0.6 is 0 Å². The summed E-state index contributed by atoms with van der Waals surface area (Å²) >= 11 is 0. The fourth-order valence-corrected chi connectivity index (χ4v) is 2.07. The third-order valence-corrected chi connectivity index (χ3v) is 2.75. The molecular weight excluding hydrogens is 184 g/mol. The van der Waals surface area contributed by atoms with Crippen LogP contribution < -0.4 is 0 Å². The topological polar surface area (TPSA) is 20.2 Å². The van der Waals surface area contributed by atoms with Gasteiger partial charge in [-0.1, -0.05) is 43.7 Å². The van der Waals surface area contributed by atoms with Crippen molar-refractivity contribution < 1.29 is 5.11 Å². The van der Waals surface area contributed by atoms with Crippen LogP contribution in [0.25, 0.3) is 0 Å². The molecule has 1 N–H and O–H groups in total. The minimum atomic E-state index is 0.283. The number of aliphatic hydroxyl groups is 1. The van der Waals surface area contributed by atoms with Gasteiger partial charge in [0.15, 0.2) is 0 Å². The Morgan fingerprint density at radius 2 is 2.00 bits per heavy atom. The van der Waals surface area contributed by atoms with Crippen LogP contribution in [0.4, 0.5) is 0 Å². The lowest BCUT2D eigenvalue weighted by Crippen LogP contribution is -2.05. The van der Waals surface area contributed by atoms with Crippen molar-refractivity contribution in [2.24, 2.45) is 5.92 Å². The molecule has 1 unspecified atom stereocenters. The maximum Gasteiger partial charge on any atom is 0.0436 e. The first-order valence-electron chi connectivity index (χ1n) is 5.81. The van der Waals surface area contributed by atoms with E-state index in [0.29, 0.717) is 11.8 Å². The van der Waals surface area contributed by atoms with Gasteiger partial charge in [-0.05, 0) is 37.2 Å². The molecule has 0 spiro atoms. The Balaban J connectivity index is 2.78. The van der Waals surface area contributed by atoms with Gasteiger partial charge < -0.3 is 5.11 Å². The van der Waals surface area contributed by atoms with Crippen LogP contribution in [0.3, 0.4) is 0 Å². The van der Waals surface area contributed by atoms with E-state index >= 15 is 0 Å². The van der Waals surface area contributed by atoms with Gasteiger partial charge in [0.05, 0.1) is 0 Å². The van der Waals surface area contributed by atoms with Crippen LogP contribution in [-0.2, 0) is 0 Å². The molecule has 0 aromatic heterocycles. The van der Waals surface area contributed by atoms with Gasteiger partial charge in [0.2, 0.25) is 0 Å². The molecule has 1 rings (SSSR count). The van der Waals surface area contributed by atoms with Gasteiger partial charge in [-0.2, -0.15) is 0 Å². The molecule has 1 aromatic rings. The molecule has 1 heteroatoms. The standard InChI is InChI=1S/C14H22O/c1-11(2)9-14(7-8-15)13-6-4-5-12(3)10-13/h4-6,10-11,14-15H,7-9H2,1-3H3. The fraction of sp³-hybridized carbons (Fsp3) is 0.571. The minimum Gasteiger partial charge on any atom is -0.396 e. The second kappa shape index (κ2) is 5.92. The average molecular weight is 206 g/mol. The summed E-state index contributed by atoms with van der Waals surface area (Å²) in [5.74, 6) is 1.19. The van der Waals surface area contributed by atoms with Crippen LogP contribution in [0.1, 0.15) is 43.7 Å². The highest BCUT2D eigenvalue weighted by Crippen LogP contribution is 2.27. The number of aryl methyl sites for hydroxylation is 1. The van der Waals surface area contributed by atoms with Crippen LogP contribution in [0.5, 0.6) is 0 Å². The number of aliphatic hydroxyl groups excluding tert-OH is 1. The maximum absolute atomic E-state index is 9.08. The van der Waals surface area contributed by atoms with Crippen molar-refractivity contribution in [2.45, 2.75) is 39.5 Å². The SMILES string of the molecule is Cc1cccc(C(CCO)CC(C)C)c1. The quantitative estimate of drug-likeness (QED) is 0.781. The van der Waals surface area contributed by atoms with E-state index in [-0.39, 0.29) is 6.61 Å². The number of hydrogen-bond donors (Lipinski definition) is 1. The first-order chi connectivity index (χ1) is 7.13. The third kappa shape index (κ3) is 4.05. The predicted octanol–water partition coefficient (Wildman–Crippen LogP) is 3.51. The number of benzene rings is 1. The van der Waals surface area contributed by atoms with Crippen LogP contribution in [-0.4, -0.2) is 11.7 Å². The van der Waals surface area contributed by atoms with E-state index in [1.54, 1.807) is 0 Å². The number of hydrogen-bond acceptors (Lipinski definition) is 1. The summed E-state index contributed by atoms with van der Waals surface area (Å²) in [6.45, 7) is 6.88. The summed E-state index contributed by atoms with van der Waals surface area (Å²) < 4.78 is 0. The predicted molar refractivity (Wildman–Crippen MR) is 65.1 cm³/mol. The Bertz CT molecular complexity index is 291. The summed E-state index contributed by atoms with van der Waals surface area (Å²) in [6, 6.07) is 8.64.